The number of ether oxygens (including phenoxy) is 2. The number of halogens is 1. The number of fused-ring (bicyclic) bond motifs is 1. The summed E-state index contributed by atoms with van der Waals surface area (Å²) in [5.41, 5.74) is 1.37. The average Bonchev–Trinajstić information content (AvgIpc) is 3.31. The third-order valence-corrected chi connectivity index (χ3v) is 4.26. The van der Waals surface area contributed by atoms with Gasteiger partial charge in [0, 0.05) is 24.1 Å². The van der Waals surface area contributed by atoms with E-state index in [1.54, 1.807) is 24.3 Å². The summed E-state index contributed by atoms with van der Waals surface area (Å²) in [4.78, 5) is 12.6. The van der Waals surface area contributed by atoms with Gasteiger partial charge in [-0.25, -0.2) is 4.39 Å². The lowest BCUT2D eigenvalue weighted by atomic mass is 10.0. The Bertz CT molecular complexity index is 925. The van der Waals surface area contributed by atoms with E-state index >= 15 is 0 Å². The number of hydrogen-bond acceptors (Lipinski definition) is 3. The van der Waals surface area contributed by atoms with Crippen molar-refractivity contribution in [1.82, 2.24) is 4.57 Å². The van der Waals surface area contributed by atoms with Gasteiger partial charge in [-0.2, -0.15) is 0 Å². The van der Waals surface area contributed by atoms with E-state index in [9.17, 15) is 9.18 Å². The van der Waals surface area contributed by atoms with Crippen molar-refractivity contribution in [3.8, 4) is 11.5 Å². The lowest BCUT2D eigenvalue weighted by Gasteiger charge is -2.19. The van der Waals surface area contributed by atoms with Crippen molar-refractivity contribution in [2.75, 3.05) is 12.1 Å². The fraction of sp³-hybridized carbons (Fsp3) is 0.150. The number of carbonyl (C=O) groups excluding carboxylic acids is 1. The van der Waals surface area contributed by atoms with Gasteiger partial charge in [0.2, 0.25) is 12.7 Å². The van der Waals surface area contributed by atoms with Gasteiger partial charge in [0.05, 0.1) is 12.5 Å². The molecule has 6 heteroatoms. The molecule has 1 aliphatic heterocycles. The van der Waals surface area contributed by atoms with Crippen molar-refractivity contribution in [3.63, 3.8) is 0 Å². The zero-order valence-electron chi connectivity index (χ0n) is 13.9. The van der Waals surface area contributed by atoms with Crippen molar-refractivity contribution in [3.05, 3.63) is 78.4 Å². The van der Waals surface area contributed by atoms with Gasteiger partial charge in [-0.05, 0) is 42.0 Å². The monoisotopic (exact) mass is 352 g/mol. The van der Waals surface area contributed by atoms with Gasteiger partial charge in [-0.15, -0.1) is 0 Å². The Hall–Kier alpha value is -3.28. The molecule has 0 saturated heterocycles. The number of hydrogen-bond donors (Lipinski definition) is 1. The van der Waals surface area contributed by atoms with Crippen LogP contribution in [0.15, 0.2) is 67.0 Å². The zero-order valence-corrected chi connectivity index (χ0v) is 13.9. The number of nitrogens with zero attached hydrogens (tertiary/aromatic N) is 1. The minimum absolute atomic E-state index is 0.173. The molecule has 0 bridgehead atoms. The number of aromatic nitrogens is 1. The van der Waals surface area contributed by atoms with Gasteiger partial charge in [0.15, 0.2) is 11.5 Å². The van der Waals surface area contributed by atoms with Crippen molar-refractivity contribution >= 4 is 11.6 Å². The van der Waals surface area contributed by atoms with Crippen LogP contribution in [0.2, 0.25) is 0 Å². The Morgan fingerprint density at radius 3 is 2.69 bits per heavy atom. The zero-order chi connectivity index (χ0) is 17.9. The first kappa shape index (κ1) is 16.2. The third kappa shape index (κ3) is 3.39. The standard InChI is InChI=1S/C20H17FN2O3/c21-15-5-3-4-14(10-15)17(23-8-1-2-9-23)12-20(24)22-16-6-7-18-19(11-16)26-13-25-18/h1-11,17H,12-13H2,(H,22,24). The molecule has 1 aromatic heterocycles. The number of carbonyl (C=O) groups is 1. The van der Waals surface area contributed by atoms with Crippen LogP contribution in [0.1, 0.15) is 18.0 Å². The molecule has 26 heavy (non-hydrogen) atoms. The van der Waals surface area contributed by atoms with E-state index in [-0.39, 0.29) is 31.0 Å². The minimum Gasteiger partial charge on any atom is -0.454 e. The maximum Gasteiger partial charge on any atom is 0.231 e. The number of rotatable bonds is 5. The van der Waals surface area contributed by atoms with E-state index in [4.69, 9.17) is 9.47 Å². The Labute approximate surface area is 150 Å². The maximum absolute atomic E-state index is 13.6. The van der Waals surface area contributed by atoms with E-state index in [1.807, 2.05) is 35.2 Å². The first-order valence-electron chi connectivity index (χ1n) is 8.26. The lowest BCUT2D eigenvalue weighted by molar-refractivity contribution is -0.116. The summed E-state index contributed by atoms with van der Waals surface area (Å²) in [7, 11) is 0. The average molecular weight is 352 g/mol. The highest BCUT2D eigenvalue weighted by Gasteiger charge is 2.19. The van der Waals surface area contributed by atoms with E-state index in [1.165, 1.54) is 12.1 Å². The predicted octanol–water partition coefficient (Wildman–Crippen LogP) is 3.97. The molecule has 1 N–H and O–H groups in total. The molecular formula is C20H17FN2O3. The van der Waals surface area contributed by atoms with Crippen LogP contribution in [0, 0.1) is 5.82 Å². The molecule has 1 aliphatic rings. The maximum atomic E-state index is 13.6. The van der Waals surface area contributed by atoms with Gasteiger partial charge in [-0.1, -0.05) is 12.1 Å². The Balaban J connectivity index is 1.53. The Morgan fingerprint density at radius 2 is 1.88 bits per heavy atom. The fourth-order valence-corrected chi connectivity index (χ4v) is 3.03. The summed E-state index contributed by atoms with van der Waals surface area (Å²) < 4.78 is 26.1. The fourth-order valence-electron chi connectivity index (χ4n) is 3.03. The van der Waals surface area contributed by atoms with Crippen LogP contribution in [0.25, 0.3) is 0 Å². The Morgan fingerprint density at radius 1 is 1.08 bits per heavy atom. The van der Waals surface area contributed by atoms with Crippen LogP contribution in [0.4, 0.5) is 10.1 Å². The molecule has 0 aliphatic carbocycles. The first-order chi connectivity index (χ1) is 12.7. The van der Waals surface area contributed by atoms with Crippen LogP contribution in [0.5, 0.6) is 11.5 Å². The normalized spacial score (nSPS) is 13.4. The highest BCUT2D eigenvalue weighted by molar-refractivity contribution is 5.91. The van der Waals surface area contributed by atoms with Crippen LogP contribution in [-0.2, 0) is 4.79 Å². The van der Waals surface area contributed by atoms with Gasteiger partial charge in [0.1, 0.15) is 5.82 Å². The molecule has 1 unspecified atom stereocenters. The lowest BCUT2D eigenvalue weighted by Crippen LogP contribution is -2.19. The van der Waals surface area contributed by atoms with Crippen LogP contribution < -0.4 is 14.8 Å². The van der Waals surface area contributed by atoms with Crippen LogP contribution >= 0.6 is 0 Å². The van der Waals surface area contributed by atoms with Gasteiger partial charge in [0.25, 0.3) is 0 Å². The summed E-state index contributed by atoms with van der Waals surface area (Å²) in [5.74, 6) is 0.769. The van der Waals surface area contributed by atoms with Gasteiger partial charge < -0.3 is 19.4 Å². The summed E-state index contributed by atoms with van der Waals surface area (Å²) >= 11 is 0. The molecule has 5 nitrogen and oxygen atoms in total. The predicted molar refractivity (Wildman–Crippen MR) is 94.8 cm³/mol. The molecular weight excluding hydrogens is 335 g/mol. The van der Waals surface area contributed by atoms with Crippen molar-refractivity contribution in [2.24, 2.45) is 0 Å². The largest absolute Gasteiger partial charge is 0.454 e. The molecule has 0 saturated carbocycles. The molecule has 0 radical (unpaired) electrons. The van der Waals surface area contributed by atoms with E-state index in [2.05, 4.69) is 5.32 Å². The summed E-state index contributed by atoms with van der Waals surface area (Å²) in [6, 6.07) is 15.0. The summed E-state index contributed by atoms with van der Waals surface area (Å²) in [6.07, 6.45) is 3.90. The van der Waals surface area contributed by atoms with E-state index in [0.717, 1.165) is 5.56 Å². The summed E-state index contributed by atoms with van der Waals surface area (Å²) in [5, 5.41) is 2.87. The quantitative estimate of drug-likeness (QED) is 0.756. The van der Waals surface area contributed by atoms with Crippen LogP contribution in [-0.4, -0.2) is 17.3 Å². The second-order valence-electron chi connectivity index (χ2n) is 6.02. The third-order valence-electron chi connectivity index (χ3n) is 4.26. The highest BCUT2D eigenvalue weighted by Crippen LogP contribution is 2.34. The second kappa shape index (κ2) is 6.92. The molecule has 2 heterocycles. The molecule has 1 atom stereocenters. The number of anilines is 1. The van der Waals surface area contributed by atoms with E-state index < -0.39 is 0 Å². The molecule has 0 fully saturated rings. The van der Waals surface area contributed by atoms with Crippen LogP contribution in [0.3, 0.4) is 0 Å². The molecule has 3 aromatic rings. The number of benzene rings is 2. The first-order valence-corrected chi connectivity index (χ1v) is 8.26. The molecule has 0 spiro atoms. The van der Waals surface area contributed by atoms with Crippen molar-refractivity contribution in [1.29, 1.82) is 0 Å². The topological polar surface area (TPSA) is 52.5 Å². The molecule has 4 rings (SSSR count). The second-order valence-corrected chi connectivity index (χ2v) is 6.02. The number of nitrogens with one attached hydrogen (secondary N) is 1. The smallest absolute Gasteiger partial charge is 0.231 e. The molecule has 2 aromatic carbocycles. The highest BCUT2D eigenvalue weighted by atomic mass is 19.1. The summed E-state index contributed by atoms with van der Waals surface area (Å²) in [6.45, 7) is 0.183. The van der Waals surface area contributed by atoms with Crippen molar-refractivity contribution in [2.45, 2.75) is 12.5 Å². The molecule has 132 valence electrons. The number of amides is 1. The molecule has 1 amide bonds. The van der Waals surface area contributed by atoms with Gasteiger partial charge in [-0.3, -0.25) is 4.79 Å². The SMILES string of the molecule is O=C(CC(c1cccc(F)c1)n1cccc1)Nc1ccc2c(c1)OCO2. The Kier molecular flexibility index (Phi) is 4.31. The van der Waals surface area contributed by atoms with E-state index in [0.29, 0.717) is 17.2 Å². The minimum atomic E-state index is -0.323. The van der Waals surface area contributed by atoms with Gasteiger partial charge >= 0.3 is 0 Å². The van der Waals surface area contributed by atoms with Crippen molar-refractivity contribution < 1.29 is 18.7 Å².